The lowest BCUT2D eigenvalue weighted by Gasteiger charge is -2.22. The van der Waals surface area contributed by atoms with Crippen LogP contribution in [0.2, 0.25) is 10.0 Å². The van der Waals surface area contributed by atoms with Crippen LogP contribution in [0.15, 0.2) is 48.5 Å². The number of nitrogens with zero attached hydrogens (tertiary/aromatic N) is 2. The molecule has 0 spiro atoms. The van der Waals surface area contributed by atoms with Gasteiger partial charge in [-0.05, 0) is 48.6 Å². The normalized spacial score (nSPS) is 21.4. The second-order valence-electron chi connectivity index (χ2n) is 7.58. The van der Waals surface area contributed by atoms with Crippen molar-refractivity contribution in [3.63, 3.8) is 0 Å². The SMILES string of the molecule is O=C(Nc1cccc(Cl)c1)N1CCCN(C(=O)C2CC2c2ccccc2Cl)CC1. The number of anilines is 1. The number of hydrogen-bond donors (Lipinski definition) is 1. The molecular weight excluding hydrogens is 409 g/mol. The fourth-order valence-corrected chi connectivity index (χ4v) is 4.40. The summed E-state index contributed by atoms with van der Waals surface area (Å²) in [6, 6.07) is 14.7. The van der Waals surface area contributed by atoms with Crippen LogP contribution in [0.4, 0.5) is 10.5 Å². The fraction of sp³-hybridized carbons (Fsp3) is 0.364. The van der Waals surface area contributed by atoms with Gasteiger partial charge in [-0.25, -0.2) is 4.79 Å². The zero-order valence-electron chi connectivity index (χ0n) is 16.0. The van der Waals surface area contributed by atoms with Gasteiger partial charge in [-0.3, -0.25) is 4.79 Å². The second kappa shape index (κ2) is 8.64. The number of rotatable bonds is 3. The fourth-order valence-electron chi connectivity index (χ4n) is 3.93. The molecule has 0 bridgehead atoms. The van der Waals surface area contributed by atoms with Crippen LogP contribution < -0.4 is 5.32 Å². The topological polar surface area (TPSA) is 52.7 Å². The first-order valence-corrected chi connectivity index (χ1v) is 10.6. The molecule has 7 heteroatoms. The summed E-state index contributed by atoms with van der Waals surface area (Å²) in [6.45, 7) is 2.36. The summed E-state index contributed by atoms with van der Waals surface area (Å²) >= 11 is 12.3. The highest BCUT2D eigenvalue weighted by atomic mass is 35.5. The van der Waals surface area contributed by atoms with E-state index in [4.69, 9.17) is 23.2 Å². The van der Waals surface area contributed by atoms with E-state index >= 15 is 0 Å². The quantitative estimate of drug-likeness (QED) is 0.753. The summed E-state index contributed by atoms with van der Waals surface area (Å²) in [5.41, 5.74) is 1.73. The summed E-state index contributed by atoms with van der Waals surface area (Å²) < 4.78 is 0. The van der Waals surface area contributed by atoms with Crippen molar-refractivity contribution < 1.29 is 9.59 Å². The van der Waals surface area contributed by atoms with Crippen LogP contribution in [0, 0.1) is 5.92 Å². The van der Waals surface area contributed by atoms with Crippen LogP contribution in [0.25, 0.3) is 0 Å². The summed E-state index contributed by atoms with van der Waals surface area (Å²) in [7, 11) is 0. The molecule has 2 fully saturated rings. The van der Waals surface area contributed by atoms with Crippen molar-refractivity contribution in [2.45, 2.75) is 18.8 Å². The average Bonchev–Trinajstić information content (AvgIpc) is 3.51. The molecule has 4 rings (SSSR count). The third-order valence-electron chi connectivity index (χ3n) is 5.58. The maximum absolute atomic E-state index is 13.0. The second-order valence-corrected chi connectivity index (χ2v) is 8.42. The molecular formula is C22H23Cl2N3O2. The van der Waals surface area contributed by atoms with Crippen LogP contribution in [0.5, 0.6) is 0 Å². The molecule has 1 saturated carbocycles. The Morgan fingerprint density at radius 2 is 1.69 bits per heavy atom. The minimum Gasteiger partial charge on any atom is -0.341 e. The molecule has 0 radical (unpaired) electrons. The molecule has 1 aliphatic heterocycles. The van der Waals surface area contributed by atoms with Gasteiger partial charge in [0.15, 0.2) is 0 Å². The minimum absolute atomic E-state index is 0.00161. The number of carbonyl (C=O) groups is 2. The highest BCUT2D eigenvalue weighted by molar-refractivity contribution is 6.31. The van der Waals surface area contributed by atoms with E-state index in [1.54, 1.807) is 29.2 Å². The standard InChI is InChI=1S/C22H23Cl2N3O2/c23-15-5-3-6-16(13-15)25-22(29)27-10-4-9-26(11-12-27)21(28)19-14-18(19)17-7-1-2-8-20(17)24/h1-3,5-8,13,18-19H,4,9-12,14H2,(H,25,29). The van der Waals surface area contributed by atoms with Gasteiger partial charge in [0.2, 0.25) is 5.91 Å². The first kappa shape index (κ1) is 20.0. The zero-order chi connectivity index (χ0) is 20.4. The molecule has 1 heterocycles. The van der Waals surface area contributed by atoms with E-state index in [1.807, 2.05) is 29.2 Å². The zero-order valence-corrected chi connectivity index (χ0v) is 17.5. The van der Waals surface area contributed by atoms with E-state index in [9.17, 15) is 9.59 Å². The van der Waals surface area contributed by atoms with Crippen molar-refractivity contribution in [3.8, 4) is 0 Å². The number of nitrogens with one attached hydrogen (secondary N) is 1. The minimum atomic E-state index is -0.165. The van der Waals surface area contributed by atoms with Gasteiger partial charge in [0.05, 0.1) is 0 Å². The molecule has 2 aliphatic rings. The Balaban J connectivity index is 1.32. The number of benzene rings is 2. The summed E-state index contributed by atoms with van der Waals surface area (Å²) in [6.07, 6.45) is 1.61. The van der Waals surface area contributed by atoms with Crippen molar-refractivity contribution in [1.82, 2.24) is 9.80 Å². The Bertz CT molecular complexity index is 920. The molecule has 1 N–H and O–H groups in total. The smallest absolute Gasteiger partial charge is 0.321 e. The Morgan fingerprint density at radius 1 is 0.931 bits per heavy atom. The van der Waals surface area contributed by atoms with E-state index in [-0.39, 0.29) is 23.8 Å². The predicted octanol–water partition coefficient (Wildman–Crippen LogP) is 4.86. The molecule has 5 nitrogen and oxygen atoms in total. The summed E-state index contributed by atoms with van der Waals surface area (Å²) in [5.74, 6) is 0.385. The Labute approximate surface area is 180 Å². The number of carbonyl (C=O) groups excluding carboxylic acids is 2. The van der Waals surface area contributed by atoms with Gasteiger partial charge in [-0.1, -0.05) is 47.5 Å². The lowest BCUT2D eigenvalue weighted by atomic mass is 10.1. The number of amides is 3. The van der Waals surface area contributed by atoms with Crippen LogP contribution in [-0.4, -0.2) is 47.9 Å². The highest BCUT2D eigenvalue weighted by Gasteiger charge is 2.46. The Morgan fingerprint density at radius 3 is 2.48 bits per heavy atom. The van der Waals surface area contributed by atoms with E-state index < -0.39 is 0 Å². The molecule has 152 valence electrons. The largest absolute Gasteiger partial charge is 0.341 e. The monoisotopic (exact) mass is 431 g/mol. The lowest BCUT2D eigenvalue weighted by molar-refractivity contribution is -0.132. The van der Waals surface area contributed by atoms with Gasteiger partial charge >= 0.3 is 6.03 Å². The van der Waals surface area contributed by atoms with Crippen molar-refractivity contribution >= 4 is 40.8 Å². The first-order valence-electron chi connectivity index (χ1n) is 9.87. The predicted molar refractivity (Wildman–Crippen MR) is 116 cm³/mol. The number of halogens is 2. The Hall–Kier alpha value is -2.24. The molecule has 2 aromatic rings. The van der Waals surface area contributed by atoms with Crippen molar-refractivity contribution in [2.75, 3.05) is 31.5 Å². The van der Waals surface area contributed by atoms with Crippen molar-refractivity contribution in [2.24, 2.45) is 5.92 Å². The molecule has 1 saturated heterocycles. The first-order chi connectivity index (χ1) is 14.0. The van der Waals surface area contributed by atoms with Crippen molar-refractivity contribution in [1.29, 1.82) is 0 Å². The van der Waals surface area contributed by atoms with E-state index in [0.717, 1.165) is 23.4 Å². The van der Waals surface area contributed by atoms with Gasteiger partial charge in [0.1, 0.15) is 0 Å². The summed E-state index contributed by atoms with van der Waals surface area (Å²) in [5, 5.41) is 4.18. The van der Waals surface area contributed by atoms with Crippen LogP contribution in [-0.2, 0) is 4.79 Å². The number of hydrogen-bond acceptors (Lipinski definition) is 2. The molecule has 3 amide bonds. The van der Waals surface area contributed by atoms with Gasteiger partial charge in [0, 0.05) is 47.8 Å². The van der Waals surface area contributed by atoms with Gasteiger partial charge in [0.25, 0.3) is 0 Å². The van der Waals surface area contributed by atoms with Gasteiger partial charge < -0.3 is 15.1 Å². The third kappa shape index (κ3) is 4.68. The maximum atomic E-state index is 13.0. The molecule has 1 aliphatic carbocycles. The molecule has 2 unspecified atom stereocenters. The maximum Gasteiger partial charge on any atom is 0.321 e. The lowest BCUT2D eigenvalue weighted by Crippen LogP contribution is -2.39. The van der Waals surface area contributed by atoms with E-state index in [2.05, 4.69) is 5.32 Å². The van der Waals surface area contributed by atoms with Crippen LogP contribution in [0.3, 0.4) is 0 Å². The average molecular weight is 432 g/mol. The van der Waals surface area contributed by atoms with E-state index in [1.165, 1.54) is 0 Å². The third-order valence-corrected chi connectivity index (χ3v) is 6.16. The van der Waals surface area contributed by atoms with Crippen molar-refractivity contribution in [3.05, 3.63) is 64.1 Å². The van der Waals surface area contributed by atoms with E-state index in [0.29, 0.717) is 36.9 Å². The van der Waals surface area contributed by atoms with Gasteiger partial charge in [-0.2, -0.15) is 0 Å². The van der Waals surface area contributed by atoms with Crippen LogP contribution in [0.1, 0.15) is 24.3 Å². The van der Waals surface area contributed by atoms with Gasteiger partial charge in [-0.15, -0.1) is 0 Å². The Kier molecular flexibility index (Phi) is 5.97. The summed E-state index contributed by atoms with van der Waals surface area (Å²) in [4.78, 5) is 29.2. The molecule has 2 atom stereocenters. The molecule has 29 heavy (non-hydrogen) atoms. The van der Waals surface area contributed by atoms with Crippen LogP contribution >= 0.6 is 23.2 Å². The highest BCUT2D eigenvalue weighted by Crippen LogP contribution is 2.50. The molecule has 2 aromatic carbocycles. The number of urea groups is 1. The molecule has 0 aromatic heterocycles.